The molecule has 0 aromatic heterocycles. The van der Waals surface area contributed by atoms with E-state index >= 15 is 0 Å². The van der Waals surface area contributed by atoms with E-state index in [2.05, 4.69) is 0 Å². The number of piperazine rings is 1. The standard InChI is InChI=1S/C14H17N3O3S/c1-21(19,20)17-8-6-16(7-9-17)11-14(18)13-4-2-12(10-15)3-5-13/h2-5H,6-9,11H2,1H3. The smallest absolute Gasteiger partial charge is 0.211 e. The molecule has 112 valence electrons. The first-order valence-electron chi connectivity index (χ1n) is 6.61. The van der Waals surface area contributed by atoms with Gasteiger partial charge in [0.05, 0.1) is 24.4 Å². The highest BCUT2D eigenvalue weighted by molar-refractivity contribution is 7.88. The molecule has 2 rings (SSSR count). The zero-order valence-electron chi connectivity index (χ0n) is 11.8. The molecule has 0 saturated carbocycles. The molecule has 1 fully saturated rings. The number of carbonyl (C=O) groups is 1. The molecule has 0 N–H and O–H groups in total. The third kappa shape index (κ3) is 4.11. The fourth-order valence-electron chi connectivity index (χ4n) is 2.24. The maximum Gasteiger partial charge on any atom is 0.211 e. The monoisotopic (exact) mass is 307 g/mol. The van der Waals surface area contributed by atoms with Gasteiger partial charge in [-0.1, -0.05) is 12.1 Å². The molecule has 0 radical (unpaired) electrons. The SMILES string of the molecule is CS(=O)(=O)N1CCN(CC(=O)c2ccc(C#N)cc2)CC1. The first-order chi connectivity index (χ1) is 9.90. The lowest BCUT2D eigenvalue weighted by atomic mass is 10.1. The largest absolute Gasteiger partial charge is 0.293 e. The lowest BCUT2D eigenvalue weighted by Crippen LogP contribution is -2.49. The first-order valence-corrected chi connectivity index (χ1v) is 8.46. The Balaban J connectivity index is 1.91. The second-order valence-corrected chi connectivity index (χ2v) is 7.03. The van der Waals surface area contributed by atoms with E-state index in [1.165, 1.54) is 10.6 Å². The second-order valence-electron chi connectivity index (χ2n) is 5.05. The van der Waals surface area contributed by atoms with E-state index < -0.39 is 10.0 Å². The van der Waals surface area contributed by atoms with Gasteiger partial charge in [0, 0.05) is 31.7 Å². The maximum absolute atomic E-state index is 12.1. The van der Waals surface area contributed by atoms with Gasteiger partial charge in [-0.15, -0.1) is 0 Å². The highest BCUT2D eigenvalue weighted by atomic mass is 32.2. The molecule has 0 aliphatic carbocycles. The Kier molecular flexibility index (Phi) is 4.73. The molecule has 7 heteroatoms. The summed E-state index contributed by atoms with van der Waals surface area (Å²) in [7, 11) is -3.15. The van der Waals surface area contributed by atoms with Crippen LogP contribution in [0.1, 0.15) is 15.9 Å². The Bertz CT molecular complexity index is 654. The molecular weight excluding hydrogens is 290 g/mol. The normalized spacial score (nSPS) is 17.3. The number of sulfonamides is 1. The third-order valence-electron chi connectivity index (χ3n) is 3.50. The van der Waals surface area contributed by atoms with Crippen molar-refractivity contribution in [3.05, 3.63) is 35.4 Å². The zero-order valence-corrected chi connectivity index (χ0v) is 12.6. The first kappa shape index (κ1) is 15.6. The van der Waals surface area contributed by atoms with E-state index in [9.17, 15) is 13.2 Å². The van der Waals surface area contributed by atoms with Crippen molar-refractivity contribution in [2.24, 2.45) is 0 Å². The molecule has 0 unspecified atom stereocenters. The lowest BCUT2D eigenvalue weighted by molar-refractivity contribution is 0.0902. The van der Waals surface area contributed by atoms with Crippen molar-refractivity contribution in [1.29, 1.82) is 5.26 Å². The van der Waals surface area contributed by atoms with Crippen molar-refractivity contribution in [3.8, 4) is 6.07 Å². The Morgan fingerprint density at radius 3 is 2.24 bits per heavy atom. The highest BCUT2D eigenvalue weighted by Gasteiger charge is 2.24. The summed E-state index contributed by atoms with van der Waals surface area (Å²) >= 11 is 0. The number of benzene rings is 1. The fourth-order valence-corrected chi connectivity index (χ4v) is 3.07. The molecule has 1 heterocycles. The van der Waals surface area contributed by atoms with E-state index in [0.717, 1.165) is 0 Å². The summed E-state index contributed by atoms with van der Waals surface area (Å²) in [6.45, 7) is 2.20. The molecule has 0 spiro atoms. The second kappa shape index (κ2) is 6.35. The molecule has 21 heavy (non-hydrogen) atoms. The molecule has 6 nitrogen and oxygen atoms in total. The molecule has 1 aliphatic rings. The van der Waals surface area contributed by atoms with Gasteiger partial charge in [0.25, 0.3) is 0 Å². The topological polar surface area (TPSA) is 81.5 Å². The van der Waals surface area contributed by atoms with Gasteiger partial charge in [0.1, 0.15) is 0 Å². The Morgan fingerprint density at radius 2 is 1.76 bits per heavy atom. The predicted molar refractivity (Wildman–Crippen MR) is 78.3 cm³/mol. The molecule has 0 amide bonds. The Labute approximate surface area is 124 Å². The van der Waals surface area contributed by atoms with Gasteiger partial charge < -0.3 is 0 Å². The van der Waals surface area contributed by atoms with Gasteiger partial charge in [-0.25, -0.2) is 8.42 Å². The lowest BCUT2D eigenvalue weighted by Gasteiger charge is -2.32. The summed E-state index contributed by atoms with van der Waals surface area (Å²) < 4.78 is 24.2. The van der Waals surface area contributed by atoms with Crippen LogP contribution in [0, 0.1) is 11.3 Å². The summed E-state index contributed by atoms with van der Waals surface area (Å²) in [5.74, 6) is -0.0210. The minimum atomic E-state index is -3.15. The number of ketones is 1. The van der Waals surface area contributed by atoms with E-state index in [4.69, 9.17) is 5.26 Å². The van der Waals surface area contributed by atoms with E-state index in [-0.39, 0.29) is 12.3 Å². The van der Waals surface area contributed by atoms with Crippen LogP contribution in [0.15, 0.2) is 24.3 Å². The van der Waals surface area contributed by atoms with Crippen LogP contribution in [-0.4, -0.2) is 62.4 Å². The summed E-state index contributed by atoms with van der Waals surface area (Å²) in [5.41, 5.74) is 1.09. The number of hydrogen-bond acceptors (Lipinski definition) is 5. The van der Waals surface area contributed by atoms with Gasteiger partial charge in [-0.3, -0.25) is 9.69 Å². The number of rotatable bonds is 4. The summed E-state index contributed by atoms with van der Waals surface area (Å²) in [6.07, 6.45) is 1.20. The van der Waals surface area contributed by atoms with Gasteiger partial charge in [-0.2, -0.15) is 9.57 Å². The van der Waals surface area contributed by atoms with Crippen LogP contribution in [-0.2, 0) is 10.0 Å². The molecule has 0 bridgehead atoms. The van der Waals surface area contributed by atoms with E-state index in [1.54, 1.807) is 24.3 Å². The van der Waals surface area contributed by atoms with Crippen molar-refractivity contribution in [2.75, 3.05) is 39.0 Å². The van der Waals surface area contributed by atoms with Gasteiger partial charge in [0.2, 0.25) is 10.0 Å². The van der Waals surface area contributed by atoms with Crippen molar-refractivity contribution in [1.82, 2.24) is 9.21 Å². The maximum atomic E-state index is 12.1. The number of nitrogens with zero attached hydrogens (tertiary/aromatic N) is 3. The van der Waals surface area contributed by atoms with Crippen LogP contribution in [0.4, 0.5) is 0 Å². The van der Waals surface area contributed by atoms with Crippen molar-refractivity contribution in [3.63, 3.8) is 0 Å². The highest BCUT2D eigenvalue weighted by Crippen LogP contribution is 2.09. The van der Waals surface area contributed by atoms with Crippen LogP contribution in [0.25, 0.3) is 0 Å². The van der Waals surface area contributed by atoms with Crippen LogP contribution < -0.4 is 0 Å². The van der Waals surface area contributed by atoms with Crippen LogP contribution in [0.2, 0.25) is 0 Å². The average molecular weight is 307 g/mol. The molecular formula is C14H17N3O3S. The number of carbonyl (C=O) groups excluding carboxylic acids is 1. The zero-order chi connectivity index (χ0) is 15.5. The molecule has 1 aromatic rings. The minimum absolute atomic E-state index is 0.0210. The summed E-state index contributed by atoms with van der Waals surface area (Å²) in [5, 5.41) is 8.72. The quantitative estimate of drug-likeness (QED) is 0.748. The van der Waals surface area contributed by atoms with Crippen molar-refractivity contribution < 1.29 is 13.2 Å². The number of nitriles is 1. The van der Waals surface area contributed by atoms with Crippen molar-refractivity contribution >= 4 is 15.8 Å². The van der Waals surface area contributed by atoms with E-state index in [0.29, 0.717) is 37.3 Å². The molecule has 1 saturated heterocycles. The molecule has 1 aromatic carbocycles. The summed E-state index contributed by atoms with van der Waals surface area (Å²) in [6, 6.07) is 8.54. The van der Waals surface area contributed by atoms with Crippen LogP contribution in [0.5, 0.6) is 0 Å². The van der Waals surface area contributed by atoms with Gasteiger partial charge in [0.15, 0.2) is 5.78 Å². The van der Waals surface area contributed by atoms with Crippen LogP contribution in [0.3, 0.4) is 0 Å². The third-order valence-corrected chi connectivity index (χ3v) is 4.81. The van der Waals surface area contributed by atoms with Gasteiger partial charge in [-0.05, 0) is 12.1 Å². The average Bonchev–Trinajstić information content (AvgIpc) is 2.47. The summed E-state index contributed by atoms with van der Waals surface area (Å²) in [4.78, 5) is 14.1. The number of Topliss-reactive ketones (excluding diaryl/α,β-unsaturated/α-hetero) is 1. The van der Waals surface area contributed by atoms with E-state index in [1.807, 2.05) is 11.0 Å². The molecule has 0 atom stereocenters. The fraction of sp³-hybridized carbons (Fsp3) is 0.429. The van der Waals surface area contributed by atoms with Crippen molar-refractivity contribution in [2.45, 2.75) is 0 Å². The minimum Gasteiger partial charge on any atom is -0.293 e. The van der Waals surface area contributed by atoms with Gasteiger partial charge >= 0.3 is 0 Å². The number of hydrogen-bond donors (Lipinski definition) is 0. The Hall–Kier alpha value is -1.75. The van der Waals surface area contributed by atoms with Crippen LogP contribution >= 0.6 is 0 Å². The molecule has 1 aliphatic heterocycles. The Morgan fingerprint density at radius 1 is 1.19 bits per heavy atom. The predicted octanol–water partition coefficient (Wildman–Crippen LogP) is 0.318.